The van der Waals surface area contributed by atoms with Crippen molar-refractivity contribution in [2.24, 2.45) is 0 Å². The number of pyridine rings is 2. The number of imide groups is 1. The van der Waals surface area contributed by atoms with E-state index in [2.05, 4.69) is 36.8 Å². The second-order valence-corrected chi connectivity index (χ2v) is 18.0. The molecule has 17 nitrogen and oxygen atoms in total. The summed E-state index contributed by atoms with van der Waals surface area (Å²) in [5.41, 5.74) is 3.62. The lowest BCUT2D eigenvalue weighted by atomic mass is 9.84. The van der Waals surface area contributed by atoms with E-state index in [-0.39, 0.29) is 60.3 Å². The van der Waals surface area contributed by atoms with Gasteiger partial charge in [0.25, 0.3) is 17.4 Å². The number of likely N-dealkylation sites (N-methyl/N-ethyl adjacent to an activating group) is 1. The number of benzene rings is 1. The van der Waals surface area contributed by atoms with Crippen molar-refractivity contribution in [1.29, 1.82) is 0 Å². The highest BCUT2D eigenvalue weighted by Crippen LogP contribution is 2.37. The van der Waals surface area contributed by atoms with Gasteiger partial charge in [-0.05, 0) is 108 Å². The molecule has 5 aliphatic rings. The lowest BCUT2D eigenvalue weighted by molar-refractivity contribution is -0.137. The molecule has 9 rings (SSSR count). The van der Waals surface area contributed by atoms with Crippen LogP contribution in [0, 0.1) is 0 Å². The number of halogens is 1. The molecule has 0 bridgehead atoms. The number of likely N-dealkylation sites (tertiary alicyclic amines) is 1. The van der Waals surface area contributed by atoms with Gasteiger partial charge in [-0.3, -0.25) is 34.3 Å². The first-order valence-corrected chi connectivity index (χ1v) is 22.4. The van der Waals surface area contributed by atoms with Crippen molar-refractivity contribution in [1.82, 2.24) is 40.0 Å². The van der Waals surface area contributed by atoms with Crippen molar-refractivity contribution in [2.45, 2.75) is 108 Å². The molecular formula is C45H53ClN10O7. The Kier molecular flexibility index (Phi) is 12.1. The summed E-state index contributed by atoms with van der Waals surface area (Å²) in [7, 11) is 1.51. The van der Waals surface area contributed by atoms with Crippen molar-refractivity contribution in [3.63, 3.8) is 0 Å². The zero-order valence-corrected chi connectivity index (χ0v) is 36.5. The van der Waals surface area contributed by atoms with Crippen molar-refractivity contribution in [2.75, 3.05) is 50.1 Å². The third-order valence-corrected chi connectivity index (χ3v) is 13.5. The second-order valence-electron chi connectivity index (χ2n) is 17.6. The molecule has 4 amide bonds. The van der Waals surface area contributed by atoms with Gasteiger partial charge in [-0.25, -0.2) is 4.98 Å². The van der Waals surface area contributed by atoms with E-state index in [1.807, 2.05) is 32.0 Å². The normalized spacial score (nSPS) is 22.3. The molecule has 332 valence electrons. The van der Waals surface area contributed by atoms with Gasteiger partial charge < -0.3 is 39.4 Å². The first kappa shape index (κ1) is 42.6. The number of ether oxygens (including phenoxy) is 2. The van der Waals surface area contributed by atoms with Crippen LogP contribution in [0.2, 0.25) is 5.02 Å². The molecule has 63 heavy (non-hydrogen) atoms. The van der Waals surface area contributed by atoms with Crippen LogP contribution in [-0.2, 0) is 25.7 Å². The fraction of sp³-hybridized carbons (Fsp3) is 0.511. The Balaban J connectivity index is 0.739. The number of carbonyl (C=O) groups is 4. The van der Waals surface area contributed by atoms with E-state index >= 15 is 0 Å². The number of hydrogen-bond acceptors (Lipinski definition) is 13. The Hall–Kier alpha value is -5.65. The van der Waals surface area contributed by atoms with Crippen LogP contribution in [0.1, 0.15) is 98.8 Å². The molecule has 0 spiro atoms. The smallest absolute Gasteiger partial charge is 0.293 e. The third kappa shape index (κ3) is 8.82. The van der Waals surface area contributed by atoms with E-state index in [4.69, 9.17) is 31.0 Å². The number of nitrogens with zero attached hydrogens (tertiary/aromatic N) is 7. The summed E-state index contributed by atoms with van der Waals surface area (Å²) < 4.78 is 13.9. The molecule has 1 saturated carbocycles. The highest BCUT2D eigenvalue weighted by molar-refractivity contribution is 6.33. The number of anilines is 3. The van der Waals surface area contributed by atoms with E-state index < -0.39 is 11.9 Å². The molecule has 7 heterocycles. The molecule has 4 fully saturated rings. The number of fused-ring (bicyclic) bond motifs is 2. The molecule has 1 aliphatic carbocycles. The first-order valence-electron chi connectivity index (χ1n) is 22.0. The average molecular weight is 881 g/mol. The summed E-state index contributed by atoms with van der Waals surface area (Å²) in [6.07, 6.45) is 10.1. The van der Waals surface area contributed by atoms with Gasteiger partial charge in [-0.1, -0.05) is 11.6 Å². The summed E-state index contributed by atoms with van der Waals surface area (Å²) in [6, 6.07) is 9.10. The topological polar surface area (TPSA) is 193 Å². The van der Waals surface area contributed by atoms with Crippen molar-refractivity contribution in [3.05, 3.63) is 74.9 Å². The van der Waals surface area contributed by atoms with Gasteiger partial charge in [-0.2, -0.15) is 4.98 Å². The van der Waals surface area contributed by atoms with Gasteiger partial charge in [0.05, 0.1) is 29.5 Å². The summed E-state index contributed by atoms with van der Waals surface area (Å²) in [5, 5.41) is 9.34. The number of aromatic nitrogens is 4. The van der Waals surface area contributed by atoms with Crippen LogP contribution in [0.15, 0.2) is 47.5 Å². The van der Waals surface area contributed by atoms with Gasteiger partial charge in [0.1, 0.15) is 11.1 Å². The van der Waals surface area contributed by atoms with Crippen LogP contribution in [0.3, 0.4) is 0 Å². The van der Waals surface area contributed by atoms with E-state index in [1.165, 1.54) is 7.05 Å². The number of rotatable bonds is 12. The van der Waals surface area contributed by atoms with E-state index in [0.717, 1.165) is 86.9 Å². The maximum Gasteiger partial charge on any atom is 0.293 e. The molecular weight excluding hydrogens is 828 g/mol. The summed E-state index contributed by atoms with van der Waals surface area (Å²) in [5.74, 6) is 0.257. The summed E-state index contributed by atoms with van der Waals surface area (Å²) >= 11 is 6.60. The monoisotopic (exact) mass is 880 g/mol. The third-order valence-electron chi connectivity index (χ3n) is 13.2. The minimum Gasteiger partial charge on any atom is -0.478 e. The standard InChI is InChI=1S/C45H53ClN10O7/c1-25(2)56-36-5-4-29(16-27(36)18-38(44(56)61)62-24-40(58)47-3)50-41-34(46)22-49-45(52-41)54-14-10-31(11-15-54)63-32-19-30(20-32)53-12-8-26(9-13-53)35-17-28-23-55(43(60)33(28)21-48-35)37-6-7-39(57)51-42(37)59/h4-5,16-18,21-22,25-26,30-32,37H,6-15,19-20,23-24H2,1-3H3,(H,47,58)(H,49,50,52)(H,51,57,59)/t30-,32-,37?. The van der Waals surface area contributed by atoms with Crippen LogP contribution in [0.4, 0.5) is 17.5 Å². The van der Waals surface area contributed by atoms with Crippen LogP contribution in [0.25, 0.3) is 10.9 Å². The van der Waals surface area contributed by atoms with Gasteiger partial charge in [0, 0.05) is 74.1 Å². The van der Waals surface area contributed by atoms with Gasteiger partial charge >= 0.3 is 0 Å². The maximum atomic E-state index is 13.2. The molecule has 3 saturated heterocycles. The van der Waals surface area contributed by atoms with Crippen molar-refractivity contribution < 1.29 is 28.7 Å². The molecule has 3 aromatic heterocycles. The largest absolute Gasteiger partial charge is 0.478 e. The number of carbonyl (C=O) groups excluding carboxylic acids is 4. The number of piperidine rings is 3. The summed E-state index contributed by atoms with van der Waals surface area (Å²) in [6.45, 7) is 7.46. The zero-order valence-electron chi connectivity index (χ0n) is 35.8. The van der Waals surface area contributed by atoms with Crippen molar-refractivity contribution in [3.8, 4) is 5.75 Å². The lowest BCUT2D eigenvalue weighted by Crippen LogP contribution is -2.52. The zero-order chi connectivity index (χ0) is 43.9. The van der Waals surface area contributed by atoms with Crippen LogP contribution in [-0.4, -0.2) is 117 Å². The maximum absolute atomic E-state index is 13.2. The minimum atomic E-state index is -0.625. The van der Waals surface area contributed by atoms with E-state index in [0.29, 0.717) is 53.0 Å². The highest BCUT2D eigenvalue weighted by atomic mass is 35.5. The molecule has 0 radical (unpaired) electrons. The van der Waals surface area contributed by atoms with Crippen molar-refractivity contribution >= 4 is 63.6 Å². The quantitative estimate of drug-likeness (QED) is 0.169. The Morgan fingerprint density at radius 2 is 1.73 bits per heavy atom. The molecule has 1 atom stereocenters. The number of nitrogens with one attached hydrogen (secondary N) is 3. The minimum absolute atomic E-state index is 0.0936. The molecule has 4 aliphatic heterocycles. The number of amides is 4. The Labute approximate surface area is 369 Å². The van der Waals surface area contributed by atoms with Gasteiger partial charge in [0.2, 0.25) is 17.8 Å². The fourth-order valence-corrected chi connectivity index (χ4v) is 9.78. The molecule has 1 unspecified atom stereocenters. The SMILES string of the molecule is CNC(=O)COc1cc2cc(Nc3nc(N4CCC(O[C@H]5C[C@H](N6CCC(c7cc8c(cn7)C(=O)N(C7CCC(=O)NC7=O)C8)CC6)C5)CC4)ncc3Cl)ccc2n(C(C)C)c1=O. The van der Waals surface area contributed by atoms with Gasteiger partial charge in [-0.15, -0.1) is 0 Å². The second kappa shape index (κ2) is 17.8. The summed E-state index contributed by atoms with van der Waals surface area (Å²) in [4.78, 5) is 82.7. The lowest BCUT2D eigenvalue weighted by Gasteiger charge is -2.47. The predicted molar refractivity (Wildman–Crippen MR) is 235 cm³/mol. The van der Waals surface area contributed by atoms with E-state index in [1.54, 1.807) is 27.9 Å². The highest BCUT2D eigenvalue weighted by Gasteiger charge is 2.41. The Morgan fingerprint density at radius 1 is 0.952 bits per heavy atom. The van der Waals surface area contributed by atoms with E-state index in [9.17, 15) is 24.0 Å². The molecule has 4 aromatic rings. The van der Waals surface area contributed by atoms with Crippen LogP contribution in [0.5, 0.6) is 5.75 Å². The molecule has 1 aromatic carbocycles. The van der Waals surface area contributed by atoms with Crippen LogP contribution >= 0.6 is 11.6 Å². The number of hydrogen-bond donors (Lipinski definition) is 3. The Bertz CT molecular complexity index is 2490. The predicted octanol–water partition coefficient (Wildman–Crippen LogP) is 4.45. The van der Waals surface area contributed by atoms with Gasteiger partial charge in [0.15, 0.2) is 18.2 Å². The fourth-order valence-electron chi connectivity index (χ4n) is 9.64. The molecule has 18 heteroatoms. The Morgan fingerprint density at radius 3 is 2.46 bits per heavy atom. The molecule has 3 N–H and O–H groups in total. The first-order chi connectivity index (χ1) is 30.4. The average Bonchev–Trinajstić information content (AvgIpc) is 3.59. The van der Waals surface area contributed by atoms with Crippen LogP contribution < -0.4 is 31.1 Å².